The lowest BCUT2D eigenvalue weighted by Crippen LogP contribution is -2.26. The van der Waals surface area contributed by atoms with Crippen LogP contribution in [0.15, 0.2) is 0 Å². The van der Waals surface area contributed by atoms with Gasteiger partial charge in [0, 0.05) is 0 Å². The van der Waals surface area contributed by atoms with Crippen molar-refractivity contribution in [1.82, 2.24) is 0 Å². The highest BCUT2D eigenvalue weighted by Crippen LogP contribution is 2.01. The molecule has 6 heteroatoms. The third kappa shape index (κ3) is 16.0. The van der Waals surface area contributed by atoms with E-state index in [9.17, 15) is 0 Å². The minimum atomic E-state index is -0.370. The molecule has 0 rings (SSSR count). The van der Waals surface area contributed by atoms with Crippen molar-refractivity contribution in [3.63, 3.8) is 0 Å². The van der Waals surface area contributed by atoms with E-state index in [1.165, 1.54) is 0 Å². The van der Waals surface area contributed by atoms with Crippen molar-refractivity contribution in [3.05, 3.63) is 0 Å². The Hall–Kier alpha value is -0.240. The van der Waals surface area contributed by atoms with Crippen molar-refractivity contribution in [2.45, 2.75) is 65.4 Å². The van der Waals surface area contributed by atoms with E-state index in [0.717, 1.165) is 38.5 Å². The molecule has 0 saturated carbocycles. The Balaban J connectivity index is 3.69. The van der Waals surface area contributed by atoms with Gasteiger partial charge in [0.05, 0.1) is 19.8 Å². The van der Waals surface area contributed by atoms with Gasteiger partial charge in [-0.2, -0.15) is 0 Å². The van der Waals surface area contributed by atoms with E-state index in [1.54, 1.807) is 0 Å². The van der Waals surface area contributed by atoms with Crippen LogP contribution in [-0.4, -0.2) is 39.1 Å². The van der Waals surface area contributed by atoms with Gasteiger partial charge in [-0.05, 0) is 19.3 Å². The molecule has 0 bridgehead atoms. The van der Waals surface area contributed by atoms with Gasteiger partial charge < -0.3 is 0 Å². The third-order valence-corrected chi connectivity index (χ3v) is 2.62. The molecule has 21 heavy (non-hydrogen) atoms. The molecule has 0 aliphatic carbocycles. The molecule has 0 aromatic rings. The molecule has 0 aliphatic rings. The molecule has 0 heterocycles. The molecular weight excluding hydrogens is 276 g/mol. The molecule has 0 aromatic carbocycles. The predicted molar refractivity (Wildman–Crippen MR) is 79.4 cm³/mol. The van der Waals surface area contributed by atoms with Gasteiger partial charge >= 0.3 is 0 Å². The fourth-order valence-electron chi connectivity index (χ4n) is 1.22. The topological polar surface area (TPSA) is 55.4 Å². The average molecular weight is 308 g/mol. The van der Waals surface area contributed by atoms with Gasteiger partial charge in [-0.15, -0.1) is 0 Å². The molecule has 0 unspecified atom stereocenters. The van der Waals surface area contributed by atoms with Crippen LogP contribution in [0.25, 0.3) is 0 Å². The highest BCUT2D eigenvalue weighted by atomic mass is 17.2. The minimum Gasteiger partial charge on any atom is -0.237 e. The maximum absolute atomic E-state index is 5.25. The maximum atomic E-state index is 5.25. The largest absolute Gasteiger partial charge is 0.237 e. The second-order valence-electron chi connectivity index (χ2n) is 4.81. The lowest BCUT2D eigenvalue weighted by Gasteiger charge is -2.15. The zero-order chi connectivity index (χ0) is 15.6. The van der Waals surface area contributed by atoms with E-state index in [0.29, 0.717) is 19.8 Å². The lowest BCUT2D eigenvalue weighted by molar-refractivity contribution is -0.393. The number of hydrogen-bond acceptors (Lipinski definition) is 6. The summed E-state index contributed by atoms with van der Waals surface area (Å²) in [5.74, 6) is 0. The fourth-order valence-corrected chi connectivity index (χ4v) is 1.22. The highest BCUT2D eigenvalue weighted by Gasteiger charge is 2.13. The van der Waals surface area contributed by atoms with Crippen LogP contribution in [0.5, 0.6) is 0 Å². The molecule has 128 valence electrons. The van der Waals surface area contributed by atoms with Crippen molar-refractivity contribution in [3.8, 4) is 0 Å². The minimum absolute atomic E-state index is 0.243. The Kier molecular flexibility index (Phi) is 17.6. The normalized spacial score (nSPS) is 11.4. The molecule has 0 N–H and O–H groups in total. The van der Waals surface area contributed by atoms with E-state index in [2.05, 4.69) is 20.8 Å². The van der Waals surface area contributed by atoms with Crippen molar-refractivity contribution in [2.24, 2.45) is 0 Å². The van der Waals surface area contributed by atoms with Crippen molar-refractivity contribution < 1.29 is 29.3 Å². The second kappa shape index (κ2) is 17.8. The Morgan fingerprint density at radius 3 is 1.43 bits per heavy atom. The van der Waals surface area contributed by atoms with Crippen molar-refractivity contribution >= 4 is 0 Å². The van der Waals surface area contributed by atoms with Gasteiger partial charge in [-0.1, -0.05) is 40.0 Å². The van der Waals surface area contributed by atoms with Gasteiger partial charge in [-0.25, -0.2) is 29.3 Å². The predicted octanol–water partition coefficient (Wildman–Crippen LogP) is 3.60. The molecule has 0 radical (unpaired) electrons. The standard InChI is InChI=1S/C15H32O6/c1-4-7-10-16-19-13-15(21-18-12-9-6-3)14-20-17-11-8-5-2/h15H,4-14H2,1-3H3. The van der Waals surface area contributed by atoms with E-state index in [4.69, 9.17) is 29.3 Å². The van der Waals surface area contributed by atoms with Crippen LogP contribution in [0.2, 0.25) is 0 Å². The molecular formula is C15H32O6. The number of hydrogen-bond donors (Lipinski definition) is 0. The van der Waals surface area contributed by atoms with Crippen LogP contribution in [0.4, 0.5) is 0 Å². The Labute approximate surface area is 128 Å². The Bertz CT molecular complexity index is 177. The van der Waals surface area contributed by atoms with Gasteiger partial charge in [0.15, 0.2) is 0 Å². The summed E-state index contributed by atoms with van der Waals surface area (Å²) < 4.78 is 0. The molecule has 0 atom stereocenters. The first kappa shape index (κ1) is 20.8. The first-order chi connectivity index (χ1) is 10.3. The fraction of sp³-hybridized carbons (Fsp3) is 1.00. The quantitative estimate of drug-likeness (QED) is 0.232. The third-order valence-electron chi connectivity index (χ3n) is 2.62. The Morgan fingerprint density at radius 2 is 1.00 bits per heavy atom. The Morgan fingerprint density at radius 1 is 0.571 bits per heavy atom. The number of unbranched alkanes of at least 4 members (excludes halogenated alkanes) is 3. The first-order valence-corrected chi connectivity index (χ1v) is 8.12. The van der Waals surface area contributed by atoms with E-state index in [1.807, 2.05) is 0 Å². The molecule has 6 nitrogen and oxygen atoms in total. The van der Waals surface area contributed by atoms with Crippen LogP contribution < -0.4 is 0 Å². The first-order valence-electron chi connectivity index (χ1n) is 8.12. The molecule has 0 aromatic heterocycles. The average Bonchev–Trinajstić information content (AvgIpc) is 2.50. The van der Waals surface area contributed by atoms with Crippen LogP contribution in [0.3, 0.4) is 0 Å². The van der Waals surface area contributed by atoms with Crippen LogP contribution in [0, 0.1) is 0 Å². The maximum Gasteiger partial charge on any atom is 0.146 e. The van der Waals surface area contributed by atoms with Crippen molar-refractivity contribution in [2.75, 3.05) is 33.0 Å². The van der Waals surface area contributed by atoms with Crippen LogP contribution in [-0.2, 0) is 29.3 Å². The summed E-state index contributed by atoms with van der Waals surface area (Å²) in [5, 5.41) is 0. The summed E-state index contributed by atoms with van der Waals surface area (Å²) >= 11 is 0. The molecule has 0 amide bonds. The zero-order valence-corrected chi connectivity index (χ0v) is 13.8. The highest BCUT2D eigenvalue weighted by molar-refractivity contribution is 4.50. The van der Waals surface area contributed by atoms with Gasteiger partial charge in [0.2, 0.25) is 0 Å². The summed E-state index contributed by atoms with van der Waals surface area (Å²) in [7, 11) is 0. The second-order valence-corrected chi connectivity index (χ2v) is 4.81. The van der Waals surface area contributed by atoms with Crippen molar-refractivity contribution in [1.29, 1.82) is 0 Å². The summed E-state index contributed by atoms with van der Waals surface area (Å²) in [6, 6.07) is 0. The smallest absolute Gasteiger partial charge is 0.146 e. The van der Waals surface area contributed by atoms with Gasteiger partial charge in [0.25, 0.3) is 0 Å². The SMILES string of the molecule is CCCCOOCC(COOCCCC)OOCCCC. The van der Waals surface area contributed by atoms with Gasteiger partial charge in [-0.3, -0.25) is 0 Å². The van der Waals surface area contributed by atoms with Gasteiger partial charge in [0.1, 0.15) is 19.3 Å². The molecule has 0 spiro atoms. The van der Waals surface area contributed by atoms with E-state index < -0.39 is 0 Å². The molecule has 0 fully saturated rings. The summed E-state index contributed by atoms with van der Waals surface area (Å²) in [4.78, 5) is 30.6. The number of rotatable bonds is 17. The molecule has 0 aliphatic heterocycles. The lowest BCUT2D eigenvalue weighted by atomic mass is 10.4. The molecule has 0 saturated heterocycles. The van der Waals surface area contributed by atoms with E-state index >= 15 is 0 Å². The van der Waals surface area contributed by atoms with Crippen LogP contribution in [0.1, 0.15) is 59.3 Å². The summed E-state index contributed by atoms with van der Waals surface area (Å²) in [6.45, 7) is 8.48. The summed E-state index contributed by atoms with van der Waals surface area (Å²) in [5.41, 5.74) is 0. The summed E-state index contributed by atoms with van der Waals surface area (Å²) in [6.07, 6.45) is 5.71. The van der Waals surface area contributed by atoms with Crippen LogP contribution >= 0.6 is 0 Å². The van der Waals surface area contributed by atoms with E-state index in [-0.39, 0.29) is 19.3 Å². The monoisotopic (exact) mass is 308 g/mol. The zero-order valence-electron chi connectivity index (χ0n) is 13.8.